The number of ether oxygens (including phenoxy) is 1. The zero-order valence-corrected chi connectivity index (χ0v) is 19.3. The molecule has 7 nitrogen and oxygen atoms in total. The van der Waals surface area contributed by atoms with Crippen LogP contribution >= 0.6 is 11.6 Å². The Hall–Kier alpha value is -2.80. The fraction of sp³-hybridized carbons (Fsp3) is 0.435. The van der Waals surface area contributed by atoms with E-state index < -0.39 is 5.60 Å². The minimum absolute atomic E-state index is 0.000148. The lowest BCUT2D eigenvalue weighted by molar-refractivity contribution is 0.00560. The van der Waals surface area contributed by atoms with E-state index in [4.69, 9.17) is 21.3 Å². The summed E-state index contributed by atoms with van der Waals surface area (Å²) in [7, 11) is 0. The minimum Gasteiger partial charge on any atom is -0.444 e. The van der Waals surface area contributed by atoms with Gasteiger partial charge in [-0.05, 0) is 58.9 Å². The Balaban J connectivity index is 1.57. The van der Waals surface area contributed by atoms with Gasteiger partial charge in [-0.15, -0.1) is 0 Å². The van der Waals surface area contributed by atoms with Crippen LogP contribution in [0.4, 0.5) is 10.6 Å². The first-order valence-electron chi connectivity index (χ1n) is 10.5. The molecule has 1 aliphatic heterocycles. The Morgan fingerprint density at radius 2 is 1.87 bits per heavy atom. The molecule has 0 aliphatic carbocycles. The highest BCUT2D eigenvalue weighted by molar-refractivity contribution is 6.31. The van der Waals surface area contributed by atoms with Crippen LogP contribution in [0.2, 0.25) is 5.02 Å². The van der Waals surface area contributed by atoms with Gasteiger partial charge in [-0.3, -0.25) is 4.90 Å². The van der Waals surface area contributed by atoms with Gasteiger partial charge in [0.25, 0.3) is 0 Å². The van der Waals surface area contributed by atoms with Crippen molar-refractivity contribution in [2.75, 3.05) is 18.0 Å². The Morgan fingerprint density at radius 3 is 2.55 bits per heavy atom. The van der Waals surface area contributed by atoms with Crippen molar-refractivity contribution in [3.63, 3.8) is 0 Å². The van der Waals surface area contributed by atoms with E-state index in [9.17, 15) is 4.79 Å². The lowest BCUT2D eigenvalue weighted by Crippen LogP contribution is -2.59. The van der Waals surface area contributed by atoms with E-state index >= 15 is 0 Å². The van der Waals surface area contributed by atoms with Crippen LogP contribution in [0.5, 0.6) is 0 Å². The zero-order valence-electron chi connectivity index (χ0n) is 18.5. The Labute approximate surface area is 187 Å². The molecular formula is C23H28ClN5O2. The third kappa shape index (κ3) is 4.46. The quantitative estimate of drug-likeness (QED) is 0.566. The highest BCUT2D eigenvalue weighted by atomic mass is 35.5. The molecule has 1 fully saturated rings. The van der Waals surface area contributed by atoms with E-state index in [2.05, 4.69) is 10.00 Å². The van der Waals surface area contributed by atoms with Crippen LogP contribution < -0.4 is 4.90 Å². The summed E-state index contributed by atoms with van der Waals surface area (Å²) in [5, 5.41) is 5.07. The standard InChI is InChI=1S/C23H28ClN5O2/c1-15-13-27(14-16(2)29(15)22(30)31-23(3,4)5)21-8-6-7-19(26-21)18-12-25-28-10-9-17(24)11-20(18)28/h6-12,15-16H,13-14H2,1-5H3/t15-,16+. The number of carbonyl (C=O) groups excluding carboxylic acids is 1. The largest absolute Gasteiger partial charge is 0.444 e. The van der Waals surface area contributed by atoms with Crippen LogP contribution in [-0.2, 0) is 4.74 Å². The summed E-state index contributed by atoms with van der Waals surface area (Å²) in [6.45, 7) is 11.1. The highest BCUT2D eigenvalue weighted by Gasteiger charge is 2.36. The molecule has 0 saturated carbocycles. The molecule has 0 aromatic carbocycles. The average Bonchev–Trinajstić information content (AvgIpc) is 3.09. The van der Waals surface area contributed by atoms with Crippen LogP contribution in [0, 0.1) is 0 Å². The number of hydrogen-bond donors (Lipinski definition) is 0. The number of rotatable bonds is 2. The van der Waals surface area contributed by atoms with Crippen molar-refractivity contribution in [2.45, 2.75) is 52.3 Å². The molecule has 0 spiro atoms. The maximum atomic E-state index is 12.7. The predicted molar refractivity (Wildman–Crippen MR) is 123 cm³/mol. The third-order valence-corrected chi connectivity index (χ3v) is 5.58. The van der Waals surface area contributed by atoms with Crippen LogP contribution in [0.1, 0.15) is 34.6 Å². The van der Waals surface area contributed by atoms with Gasteiger partial charge in [0.05, 0.1) is 29.5 Å². The lowest BCUT2D eigenvalue weighted by Gasteiger charge is -2.44. The van der Waals surface area contributed by atoms with E-state index in [1.54, 1.807) is 4.52 Å². The average molecular weight is 442 g/mol. The molecule has 1 aliphatic rings. The predicted octanol–water partition coefficient (Wildman–Crippen LogP) is 4.88. The van der Waals surface area contributed by atoms with Crippen LogP contribution in [0.25, 0.3) is 16.8 Å². The Bertz CT molecular complexity index is 1090. The topological polar surface area (TPSA) is 63.0 Å². The van der Waals surface area contributed by atoms with E-state index in [0.717, 1.165) is 22.6 Å². The Kier molecular flexibility index (Phi) is 5.56. The maximum absolute atomic E-state index is 12.7. The molecule has 8 heteroatoms. The number of piperazine rings is 1. The van der Waals surface area contributed by atoms with Gasteiger partial charge in [-0.25, -0.2) is 14.3 Å². The molecule has 1 amide bonds. The molecule has 0 unspecified atom stereocenters. The second kappa shape index (κ2) is 8.04. The molecule has 3 aromatic heterocycles. The smallest absolute Gasteiger partial charge is 0.410 e. The van der Waals surface area contributed by atoms with Gasteiger partial charge in [0, 0.05) is 29.9 Å². The summed E-state index contributed by atoms with van der Waals surface area (Å²) >= 11 is 6.19. The molecule has 0 bridgehead atoms. The van der Waals surface area contributed by atoms with Crippen molar-refractivity contribution in [3.8, 4) is 11.3 Å². The molecule has 3 aromatic rings. The summed E-state index contributed by atoms with van der Waals surface area (Å²) in [5.41, 5.74) is 2.16. The second-order valence-corrected chi connectivity index (χ2v) is 9.54. The summed E-state index contributed by atoms with van der Waals surface area (Å²) in [6.07, 6.45) is 3.38. The van der Waals surface area contributed by atoms with E-state index in [0.29, 0.717) is 18.1 Å². The van der Waals surface area contributed by atoms with Gasteiger partial charge in [-0.2, -0.15) is 5.10 Å². The van der Waals surface area contributed by atoms with Crippen LogP contribution in [0.15, 0.2) is 42.7 Å². The number of fused-ring (bicyclic) bond motifs is 1. The number of anilines is 1. The van der Waals surface area contributed by atoms with E-state index in [1.165, 1.54) is 0 Å². The first kappa shape index (κ1) is 21.4. The monoisotopic (exact) mass is 441 g/mol. The molecule has 31 heavy (non-hydrogen) atoms. The molecular weight excluding hydrogens is 414 g/mol. The fourth-order valence-corrected chi connectivity index (χ4v) is 4.25. The number of aromatic nitrogens is 3. The number of halogens is 1. The second-order valence-electron chi connectivity index (χ2n) is 9.10. The van der Waals surface area contributed by atoms with E-state index in [-0.39, 0.29) is 18.2 Å². The van der Waals surface area contributed by atoms with Crippen molar-refractivity contribution in [1.29, 1.82) is 0 Å². The number of hydrogen-bond acceptors (Lipinski definition) is 5. The minimum atomic E-state index is -0.513. The fourth-order valence-electron chi connectivity index (χ4n) is 4.09. The summed E-state index contributed by atoms with van der Waals surface area (Å²) < 4.78 is 7.40. The number of carbonyl (C=O) groups is 1. The van der Waals surface area contributed by atoms with E-state index in [1.807, 2.05) is 82.2 Å². The molecule has 0 N–H and O–H groups in total. The zero-order chi connectivity index (χ0) is 22.3. The number of pyridine rings is 2. The molecule has 164 valence electrons. The van der Waals surface area contributed by atoms with Crippen LogP contribution in [0.3, 0.4) is 0 Å². The highest BCUT2D eigenvalue weighted by Crippen LogP contribution is 2.28. The summed E-state index contributed by atoms with van der Waals surface area (Å²) in [5.74, 6) is 0.876. The summed E-state index contributed by atoms with van der Waals surface area (Å²) in [4.78, 5) is 21.7. The molecule has 2 atom stereocenters. The van der Waals surface area contributed by atoms with Gasteiger partial charge in [0.2, 0.25) is 0 Å². The van der Waals surface area contributed by atoms with Crippen molar-refractivity contribution in [2.24, 2.45) is 0 Å². The number of amides is 1. The van der Waals surface area contributed by atoms with Gasteiger partial charge in [-0.1, -0.05) is 17.7 Å². The first-order valence-corrected chi connectivity index (χ1v) is 10.9. The first-order chi connectivity index (χ1) is 14.6. The van der Waals surface area contributed by atoms with Gasteiger partial charge >= 0.3 is 6.09 Å². The lowest BCUT2D eigenvalue weighted by atomic mass is 10.1. The molecule has 1 saturated heterocycles. The SMILES string of the molecule is C[C@@H]1CN(c2cccc(-c3cnn4ccc(Cl)cc34)n2)C[C@H](C)N1C(=O)OC(C)(C)C. The molecule has 0 radical (unpaired) electrons. The van der Waals surface area contributed by atoms with Gasteiger partial charge < -0.3 is 9.64 Å². The molecule has 4 rings (SSSR count). The van der Waals surface area contributed by atoms with Crippen molar-refractivity contribution in [1.82, 2.24) is 19.5 Å². The van der Waals surface area contributed by atoms with Crippen LogP contribution in [-0.4, -0.2) is 56.4 Å². The van der Waals surface area contributed by atoms with Gasteiger partial charge in [0.15, 0.2) is 0 Å². The van der Waals surface area contributed by atoms with Crippen molar-refractivity contribution in [3.05, 3.63) is 47.7 Å². The molecule has 4 heterocycles. The normalized spacial score (nSPS) is 19.7. The number of nitrogens with zero attached hydrogens (tertiary/aromatic N) is 5. The maximum Gasteiger partial charge on any atom is 0.410 e. The van der Waals surface area contributed by atoms with Crippen molar-refractivity contribution >= 4 is 29.0 Å². The van der Waals surface area contributed by atoms with Crippen molar-refractivity contribution < 1.29 is 9.53 Å². The Morgan fingerprint density at radius 1 is 1.16 bits per heavy atom. The summed E-state index contributed by atoms with van der Waals surface area (Å²) in [6, 6.07) is 9.68. The van der Waals surface area contributed by atoms with Gasteiger partial charge in [0.1, 0.15) is 11.4 Å². The third-order valence-electron chi connectivity index (χ3n) is 5.34.